The number of thiazole rings is 1. The fourth-order valence-corrected chi connectivity index (χ4v) is 8.01. The van der Waals surface area contributed by atoms with Gasteiger partial charge in [-0.15, -0.1) is 0 Å². The summed E-state index contributed by atoms with van der Waals surface area (Å²) in [5, 5.41) is 30.3. The van der Waals surface area contributed by atoms with E-state index in [0.29, 0.717) is 47.8 Å². The zero-order valence-electron chi connectivity index (χ0n) is 24.7. The lowest BCUT2D eigenvalue weighted by molar-refractivity contribution is -0.138. The molecule has 2 saturated heterocycles. The Balaban J connectivity index is 1.36. The number of benzene rings is 2. The van der Waals surface area contributed by atoms with E-state index in [1.165, 1.54) is 27.8 Å². The summed E-state index contributed by atoms with van der Waals surface area (Å²) in [6.07, 6.45) is -3.65. The van der Waals surface area contributed by atoms with E-state index in [-0.39, 0.29) is 45.8 Å². The number of aromatic nitrogens is 1. The molecule has 2 fully saturated rings. The number of carboxylic acid groups (broad SMARTS) is 1. The molecule has 3 aliphatic heterocycles. The maximum atomic E-state index is 14.1. The molecule has 0 radical (unpaired) electrons. The third-order valence-electron chi connectivity index (χ3n) is 9.33. The number of likely N-dealkylation sites (tertiary alicyclic amines) is 2. The molecule has 9 nitrogen and oxygen atoms in total. The number of amides is 1. The molecule has 14 heteroatoms. The van der Waals surface area contributed by atoms with Crippen LogP contribution in [0, 0.1) is 5.41 Å². The topological polar surface area (TPSA) is 111 Å². The summed E-state index contributed by atoms with van der Waals surface area (Å²) in [7, 11) is 0. The minimum Gasteiger partial charge on any atom is -0.493 e. The first kappa shape index (κ1) is 31.3. The van der Waals surface area contributed by atoms with Crippen LogP contribution in [0.25, 0.3) is 5.57 Å². The number of fused-ring (bicyclic) bond motifs is 3. The van der Waals surface area contributed by atoms with Gasteiger partial charge in [-0.3, -0.25) is 19.2 Å². The molecule has 238 valence electrons. The molecule has 1 amide bonds. The third kappa shape index (κ3) is 5.44. The van der Waals surface area contributed by atoms with Gasteiger partial charge in [0.25, 0.3) is 0 Å². The molecular weight excluding hydrogens is 631 g/mol. The molecule has 3 aromatic rings. The molecule has 6 rings (SSSR count). The Labute approximate surface area is 265 Å². The van der Waals surface area contributed by atoms with Crippen molar-refractivity contribution in [1.82, 2.24) is 14.4 Å². The van der Waals surface area contributed by atoms with Crippen molar-refractivity contribution in [3.63, 3.8) is 0 Å². The largest absolute Gasteiger partial charge is 0.493 e. The van der Waals surface area contributed by atoms with Gasteiger partial charge < -0.3 is 10.2 Å². The summed E-state index contributed by atoms with van der Waals surface area (Å²) in [6, 6.07) is 8.63. The van der Waals surface area contributed by atoms with Gasteiger partial charge in [-0.25, -0.2) is 4.79 Å². The fourth-order valence-electron chi connectivity index (χ4n) is 6.86. The molecule has 0 unspecified atom stereocenters. The van der Waals surface area contributed by atoms with Crippen LogP contribution < -0.4 is 15.4 Å². The number of piperazine rings is 1. The minimum absolute atomic E-state index is 0.0254. The Morgan fingerprint density at radius 3 is 2.60 bits per heavy atom. The molecule has 0 aliphatic carbocycles. The first-order chi connectivity index (χ1) is 21.1. The van der Waals surface area contributed by atoms with Gasteiger partial charge in [0.2, 0.25) is 5.88 Å². The summed E-state index contributed by atoms with van der Waals surface area (Å²) in [4.78, 5) is 28.7. The highest BCUT2D eigenvalue weighted by Crippen LogP contribution is 2.50. The third-order valence-corrected chi connectivity index (χ3v) is 10.6. The number of rotatable bonds is 6. The molecule has 0 spiro atoms. The van der Waals surface area contributed by atoms with Crippen LogP contribution in [0.15, 0.2) is 51.4 Å². The van der Waals surface area contributed by atoms with Gasteiger partial charge in [-0.1, -0.05) is 55.8 Å². The van der Waals surface area contributed by atoms with Gasteiger partial charge in [-0.05, 0) is 52.5 Å². The standard InChI is InChI=1S/C31H31ClF3N5O4S/c1-29(2,3)30-13-21(15-40(30)27(42)43)38(16-30)8-9-39-26(41)25(45-28(39)44)22(17-5-7-24-19(10-17)14-36-37-24)11-18-4-6-20(32)12-23(18)31(33,34)35/h4-7,10,12,14,21,41H,8-9,11,13,15-16H2,1-3H3,(H,42,43)/t21-,30+/m0/s1. The zero-order chi connectivity index (χ0) is 32.5. The van der Waals surface area contributed by atoms with Gasteiger partial charge in [0, 0.05) is 49.2 Å². The normalized spacial score (nSPS) is 21.8. The van der Waals surface area contributed by atoms with E-state index in [0.717, 1.165) is 17.4 Å². The molecule has 1 aromatic heterocycles. The second-order valence-corrected chi connectivity index (χ2v) is 14.1. The van der Waals surface area contributed by atoms with Crippen molar-refractivity contribution in [2.45, 2.75) is 57.9 Å². The highest BCUT2D eigenvalue weighted by molar-refractivity contribution is 7.10. The Hall–Kier alpha value is -3.68. The van der Waals surface area contributed by atoms with E-state index in [9.17, 15) is 33.0 Å². The molecule has 45 heavy (non-hydrogen) atoms. The Morgan fingerprint density at radius 1 is 1.16 bits per heavy atom. The Kier molecular flexibility index (Phi) is 7.65. The monoisotopic (exact) mass is 661 g/mol. The maximum Gasteiger partial charge on any atom is 0.416 e. The van der Waals surface area contributed by atoms with Crippen molar-refractivity contribution in [3.8, 4) is 5.88 Å². The number of nitrogens with zero attached hydrogens (tertiary/aromatic N) is 5. The summed E-state index contributed by atoms with van der Waals surface area (Å²) in [5.74, 6) is -0.330. The van der Waals surface area contributed by atoms with Crippen LogP contribution >= 0.6 is 22.9 Å². The van der Waals surface area contributed by atoms with Crippen LogP contribution in [0.2, 0.25) is 5.02 Å². The maximum absolute atomic E-state index is 14.1. The summed E-state index contributed by atoms with van der Waals surface area (Å²) in [6.45, 7) is 7.45. The first-order valence-corrected chi connectivity index (χ1v) is 15.6. The Bertz CT molecular complexity index is 1920. The van der Waals surface area contributed by atoms with E-state index >= 15 is 0 Å². The van der Waals surface area contributed by atoms with Crippen molar-refractivity contribution in [3.05, 3.63) is 83.2 Å². The van der Waals surface area contributed by atoms with E-state index < -0.39 is 28.2 Å². The molecule has 2 aromatic carbocycles. The SMILES string of the molecule is CC(C)(C)[C@]12C[C@@H](CN1C(=O)O)N(CCn1c(O)c(C(Cc3ccc(Cl)cc3C(F)(F)F)=c3ccc4c(c3)C=NN=4)sc1=O)C2. The average molecular weight is 662 g/mol. The molecule has 3 aliphatic rings. The molecular formula is C31H31ClF3N5O4S. The number of aromatic hydroxyl groups is 1. The molecule has 2 N–H and O–H groups in total. The van der Waals surface area contributed by atoms with Crippen LogP contribution in [0.1, 0.15) is 48.8 Å². The Morgan fingerprint density at radius 2 is 1.91 bits per heavy atom. The predicted octanol–water partition coefficient (Wildman–Crippen LogP) is 4.55. The minimum atomic E-state index is -4.67. The average Bonchev–Trinajstić information content (AvgIpc) is 3.73. The highest BCUT2D eigenvalue weighted by Gasteiger charge is 2.61. The van der Waals surface area contributed by atoms with Crippen LogP contribution in [-0.2, 0) is 19.1 Å². The van der Waals surface area contributed by atoms with Crippen molar-refractivity contribution in [2.24, 2.45) is 15.6 Å². The van der Waals surface area contributed by atoms with Crippen molar-refractivity contribution >= 4 is 40.8 Å². The number of alkyl halides is 3. The lowest BCUT2D eigenvalue weighted by atomic mass is 9.73. The molecule has 0 saturated carbocycles. The summed E-state index contributed by atoms with van der Waals surface area (Å²) < 4.78 is 43.4. The van der Waals surface area contributed by atoms with Crippen LogP contribution in [0.4, 0.5) is 18.0 Å². The predicted molar refractivity (Wildman–Crippen MR) is 165 cm³/mol. The molecule has 2 bridgehead atoms. The lowest BCUT2D eigenvalue weighted by Crippen LogP contribution is -2.61. The smallest absolute Gasteiger partial charge is 0.416 e. The van der Waals surface area contributed by atoms with Gasteiger partial charge >= 0.3 is 17.1 Å². The quantitative estimate of drug-likeness (QED) is 0.403. The van der Waals surface area contributed by atoms with E-state index in [1.807, 2.05) is 20.8 Å². The number of halogens is 4. The summed E-state index contributed by atoms with van der Waals surface area (Å²) >= 11 is 6.70. The lowest BCUT2D eigenvalue weighted by Gasteiger charge is -2.48. The molecule has 2 atom stereocenters. The van der Waals surface area contributed by atoms with Gasteiger partial charge in [-0.2, -0.15) is 23.4 Å². The second-order valence-electron chi connectivity index (χ2n) is 12.7. The van der Waals surface area contributed by atoms with Gasteiger partial charge in [0.1, 0.15) is 0 Å². The second kappa shape index (κ2) is 11.0. The van der Waals surface area contributed by atoms with E-state index in [1.54, 1.807) is 18.2 Å². The first-order valence-electron chi connectivity index (χ1n) is 14.4. The fraction of sp³-hybridized carbons (Fsp3) is 0.419. The molecule has 4 heterocycles. The van der Waals surface area contributed by atoms with E-state index in [2.05, 4.69) is 15.1 Å². The van der Waals surface area contributed by atoms with E-state index in [4.69, 9.17) is 11.6 Å². The van der Waals surface area contributed by atoms with Crippen LogP contribution in [-0.4, -0.2) is 68.1 Å². The number of hydrogen-bond donors (Lipinski definition) is 2. The zero-order valence-corrected chi connectivity index (χ0v) is 26.3. The van der Waals surface area contributed by atoms with Crippen molar-refractivity contribution in [2.75, 3.05) is 19.6 Å². The van der Waals surface area contributed by atoms with Crippen molar-refractivity contribution < 1.29 is 28.2 Å². The number of hydrogen-bond acceptors (Lipinski definition) is 7. The summed E-state index contributed by atoms with van der Waals surface area (Å²) in [5.41, 5.74) is -0.850. The number of carbonyl (C=O) groups is 1. The highest BCUT2D eigenvalue weighted by atomic mass is 35.5. The van der Waals surface area contributed by atoms with Gasteiger partial charge in [0.05, 0.1) is 27.6 Å². The van der Waals surface area contributed by atoms with Crippen LogP contribution in [0.3, 0.4) is 0 Å². The van der Waals surface area contributed by atoms with Gasteiger partial charge in [0.15, 0.2) is 0 Å². The van der Waals surface area contributed by atoms with Crippen molar-refractivity contribution in [1.29, 1.82) is 0 Å². The van der Waals surface area contributed by atoms with Crippen LogP contribution in [0.5, 0.6) is 5.88 Å².